The molecule has 0 aliphatic carbocycles. The van der Waals surface area contributed by atoms with Crippen molar-refractivity contribution < 1.29 is 18.7 Å². The molecule has 6 heteroatoms. The van der Waals surface area contributed by atoms with Crippen LogP contribution in [0.4, 0.5) is 4.39 Å². The van der Waals surface area contributed by atoms with Gasteiger partial charge in [-0.1, -0.05) is 38.1 Å². The second kappa shape index (κ2) is 9.07. The molecule has 2 aromatic carbocycles. The SMILES string of the molecule is CC(Oc1ccc(C(C)C)cc1)C(=O)N1CCN(C(=O)c2ccccc2F)CC1. The third-order valence-electron chi connectivity index (χ3n) is 5.19. The third kappa shape index (κ3) is 4.94. The van der Waals surface area contributed by atoms with E-state index in [2.05, 4.69) is 13.8 Å². The summed E-state index contributed by atoms with van der Waals surface area (Å²) in [5, 5.41) is 0. The van der Waals surface area contributed by atoms with Gasteiger partial charge in [-0.25, -0.2) is 4.39 Å². The standard InChI is InChI=1S/C23H27FN2O3/c1-16(2)18-8-10-19(11-9-18)29-17(3)22(27)25-12-14-26(15-13-25)23(28)20-6-4-5-7-21(20)24/h4-11,16-17H,12-15H2,1-3H3. The molecule has 0 radical (unpaired) electrons. The molecule has 1 unspecified atom stereocenters. The number of hydrogen-bond donors (Lipinski definition) is 0. The van der Waals surface area contributed by atoms with Crippen LogP contribution in [0.5, 0.6) is 5.75 Å². The van der Waals surface area contributed by atoms with Crippen molar-refractivity contribution in [3.05, 3.63) is 65.5 Å². The van der Waals surface area contributed by atoms with E-state index < -0.39 is 11.9 Å². The summed E-state index contributed by atoms with van der Waals surface area (Å²) in [6, 6.07) is 13.7. The van der Waals surface area contributed by atoms with Crippen LogP contribution < -0.4 is 4.74 Å². The normalized spacial score (nSPS) is 15.3. The number of carbonyl (C=O) groups excluding carboxylic acids is 2. The summed E-state index contributed by atoms with van der Waals surface area (Å²) in [6.07, 6.45) is -0.617. The minimum Gasteiger partial charge on any atom is -0.481 e. The van der Waals surface area contributed by atoms with E-state index >= 15 is 0 Å². The lowest BCUT2D eigenvalue weighted by Crippen LogP contribution is -2.53. The van der Waals surface area contributed by atoms with E-state index in [-0.39, 0.29) is 17.4 Å². The van der Waals surface area contributed by atoms with Gasteiger partial charge in [-0.3, -0.25) is 9.59 Å². The van der Waals surface area contributed by atoms with Gasteiger partial charge < -0.3 is 14.5 Å². The van der Waals surface area contributed by atoms with E-state index in [9.17, 15) is 14.0 Å². The van der Waals surface area contributed by atoms with Crippen LogP contribution in [0.2, 0.25) is 0 Å². The average Bonchev–Trinajstić information content (AvgIpc) is 2.73. The predicted molar refractivity (Wildman–Crippen MR) is 110 cm³/mol. The molecule has 1 aliphatic rings. The maximum atomic E-state index is 13.9. The van der Waals surface area contributed by atoms with Gasteiger partial charge in [0.2, 0.25) is 0 Å². The molecule has 1 heterocycles. The monoisotopic (exact) mass is 398 g/mol. The van der Waals surface area contributed by atoms with Crippen LogP contribution in [-0.2, 0) is 4.79 Å². The Kier molecular flexibility index (Phi) is 6.52. The molecule has 1 atom stereocenters. The number of hydrogen-bond acceptors (Lipinski definition) is 3. The lowest BCUT2D eigenvalue weighted by molar-refractivity contribution is -0.139. The van der Waals surface area contributed by atoms with E-state index in [1.807, 2.05) is 24.3 Å². The number of benzene rings is 2. The maximum Gasteiger partial charge on any atom is 0.263 e. The highest BCUT2D eigenvalue weighted by atomic mass is 19.1. The van der Waals surface area contributed by atoms with E-state index in [0.717, 1.165) is 0 Å². The van der Waals surface area contributed by atoms with E-state index in [1.54, 1.807) is 28.9 Å². The first kappa shape index (κ1) is 20.8. The largest absolute Gasteiger partial charge is 0.481 e. The van der Waals surface area contributed by atoms with Gasteiger partial charge in [0.15, 0.2) is 6.10 Å². The van der Waals surface area contributed by atoms with Gasteiger partial charge in [0.05, 0.1) is 5.56 Å². The first-order valence-electron chi connectivity index (χ1n) is 9.96. The Morgan fingerprint density at radius 3 is 2.07 bits per heavy atom. The minimum absolute atomic E-state index is 0.0637. The van der Waals surface area contributed by atoms with Crippen LogP contribution in [0, 0.1) is 5.82 Å². The van der Waals surface area contributed by atoms with Crippen LogP contribution in [0.1, 0.15) is 42.6 Å². The highest BCUT2D eigenvalue weighted by Gasteiger charge is 2.29. The molecule has 0 spiro atoms. The first-order chi connectivity index (χ1) is 13.9. The van der Waals surface area contributed by atoms with Crippen molar-refractivity contribution in [2.45, 2.75) is 32.8 Å². The lowest BCUT2D eigenvalue weighted by Gasteiger charge is -2.36. The smallest absolute Gasteiger partial charge is 0.263 e. The van der Waals surface area contributed by atoms with Crippen LogP contribution >= 0.6 is 0 Å². The van der Waals surface area contributed by atoms with Crippen molar-refractivity contribution in [2.24, 2.45) is 0 Å². The zero-order chi connectivity index (χ0) is 21.0. The number of piperazine rings is 1. The molecule has 2 amide bonds. The summed E-state index contributed by atoms with van der Waals surface area (Å²) in [7, 11) is 0. The number of halogens is 1. The maximum absolute atomic E-state index is 13.9. The molecule has 29 heavy (non-hydrogen) atoms. The average molecular weight is 398 g/mol. The first-order valence-corrected chi connectivity index (χ1v) is 9.96. The molecule has 0 aromatic heterocycles. The van der Waals surface area contributed by atoms with Gasteiger partial charge >= 0.3 is 0 Å². The van der Waals surface area contributed by atoms with Crippen molar-refractivity contribution in [1.82, 2.24) is 9.80 Å². The van der Waals surface area contributed by atoms with Gasteiger partial charge in [-0.2, -0.15) is 0 Å². The van der Waals surface area contributed by atoms with Gasteiger partial charge in [0, 0.05) is 26.2 Å². The fourth-order valence-electron chi connectivity index (χ4n) is 3.38. The van der Waals surface area contributed by atoms with Crippen molar-refractivity contribution in [2.75, 3.05) is 26.2 Å². The third-order valence-corrected chi connectivity index (χ3v) is 5.19. The van der Waals surface area contributed by atoms with Crippen molar-refractivity contribution >= 4 is 11.8 Å². The lowest BCUT2D eigenvalue weighted by atomic mass is 10.0. The topological polar surface area (TPSA) is 49.9 Å². The Hall–Kier alpha value is -2.89. The fraction of sp³-hybridized carbons (Fsp3) is 0.391. The molecule has 0 N–H and O–H groups in total. The summed E-state index contributed by atoms with van der Waals surface area (Å²) in [5.74, 6) is 0.109. The number of rotatable bonds is 5. The summed E-state index contributed by atoms with van der Waals surface area (Å²) in [5.41, 5.74) is 1.28. The molecule has 2 aromatic rings. The van der Waals surface area contributed by atoms with E-state index in [1.165, 1.54) is 17.7 Å². The van der Waals surface area contributed by atoms with Gasteiger partial charge in [0.25, 0.3) is 11.8 Å². The van der Waals surface area contributed by atoms with E-state index in [0.29, 0.717) is 37.8 Å². The Balaban J connectivity index is 1.54. The molecule has 0 bridgehead atoms. The molecule has 0 saturated carbocycles. The molecule has 5 nitrogen and oxygen atoms in total. The Bertz CT molecular complexity index is 859. The van der Waals surface area contributed by atoms with Crippen LogP contribution in [0.3, 0.4) is 0 Å². The minimum atomic E-state index is -0.617. The summed E-state index contributed by atoms with van der Waals surface area (Å²) in [6.45, 7) is 7.52. The summed E-state index contributed by atoms with van der Waals surface area (Å²) in [4.78, 5) is 28.5. The zero-order valence-corrected chi connectivity index (χ0v) is 17.1. The summed E-state index contributed by atoms with van der Waals surface area (Å²) >= 11 is 0. The van der Waals surface area contributed by atoms with Crippen molar-refractivity contribution in [3.63, 3.8) is 0 Å². The van der Waals surface area contributed by atoms with Crippen LogP contribution in [0.25, 0.3) is 0 Å². The fourth-order valence-corrected chi connectivity index (χ4v) is 3.38. The molecule has 1 aliphatic heterocycles. The molecule has 1 saturated heterocycles. The van der Waals surface area contributed by atoms with Crippen molar-refractivity contribution in [3.8, 4) is 5.75 Å². The van der Waals surface area contributed by atoms with Gasteiger partial charge in [-0.05, 0) is 42.7 Å². The Morgan fingerprint density at radius 2 is 1.48 bits per heavy atom. The quantitative estimate of drug-likeness (QED) is 0.772. The predicted octanol–water partition coefficient (Wildman–Crippen LogP) is 3.70. The number of nitrogens with zero attached hydrogens (tertiary/aromatic N) is 2. The molecule has 1 fully saturated rings. The Labute approximate surface area is 171 Å². The summed E-state index contributed by atoms with van der Waals surface area (Å²) < 4.78 is 19.7. The Morgan fingerprint density at radius 1 is 0.897 bits per heavy atom. The second-order valence-corrected chi connectivity index (χ2v) is 7.58. The highest BCUT2D eigenvalue weighted by molar-refractivity contribution is 5.94. The van der Waals surface area contributed by atoms with Gasteiger partial charge in [0.1, 0.15) is 11.6 Å². The van der Waals surface area contributed by atoms with E-state index in [4.69, 9.17) is 4.74 Å². The zero-order valence-electron chi connectivity index (χ0n) is 17.1. The van der Waals surface area contributed by atoms with Crippen molar-refractivity contribution in [1.29, 1.82) is 0 Å². The number of ether oxygens (including phenoxy) is 1. The van der Waals surface area contributed by atoms with Gasteiger partial charge in [-0.15, -0.1) is 0 Å². The molecular weight excluding hydrogens is 371 g/mol. The number of carbonyl (C=O) groups is 2. The molecule has 3 rings (SSSR count). The molecular formula is C23H27FN2O3. The number of amides is 2. The highest BCUT2D eigenvalue weighted by Crippen LogP contribution is 2.20. The second-order valence-electron chi connectivity index (χ2n) is 7.58. The molecule has 154 valence electrons. The van der Waals surface area contributed by atoms with Crippen LogP contribution in [0.15, 0.2) is 48.5 Å². The van der Waals surface area contributed by atoms with Crippen LogP contribution in [-0.4, -0.2) is 53.9 Å².